The van der Waals surface area contributed by atoms with E-state index in [-0.39, 0.29) is 5.78 Å². The summed E-state index contributed by atoms with van der Waals surface area (Å²) in [5, 5.41) is 0.962. The summed E-state index contributed by atoms with van der Waals surface area (Å²) in [6.45, 7) is 9.49. The van der Waals surface area contributed by atoms with E-state index in [0.717, 1.165) is 17.1 Å². The lowest BCUT2D eigenvalue weighted by Gasteiger charge is -2.10. The second-order valence-electron chi connectivity index (χ2n) is 4.53. The minimum Gasteiger partial charge on any atom is -0.287 e. The Bertz CT molecular complexity index is 721. The van der Waals surface area contributed by atoms with Crippen LogP contribution in [0, 0.1) is 6.92 Å². The summed E-state index contributed by atoms with van der Waals surface area (Å²) in [5.41, 5.74) is 3.07. The highest BCUT2D eigenvalue weighted by Crippen LogP contribution is 2.28. The summed E-state index contributed by atoms with van der Waals surface area (Å²) < 4.78 is 2.53. The number of aromatic nitrogens is 3. The fraction of sp³-hybridized carbons (Fsp3) is 0.357. The van der Waals surface area contributed by atoms with Crippen molar-refractivity contribution >= 4 is 39.3 Å². The lowest BCUT2D eigenvalue weighted by Crippen LogP contribution is -2.03. The van der Waals surface area contributed by atoms with Crippen LogP contribution in [0.4, 0.5) is 0 Å². The molecule has 2 rings (SSSR count). The van der Waals surface area contributed by atoms with Crippen LogP contribution >= 0.6 is 27.7 Å². The Hall–Kier alpha value is -1.14. The monoisotopic (exact) mass is 353 g/mol. The van der Waals surface area contributed by atoms with E-state index in [2.05, 4.69) is 39.4 Å². The molecule has 0 aliphatic rings. The minimum atomic E-state index is -0.162. The molecule has 6 heteroatoms. The van der Waals surface area contributed by atoms with Gasteiger partial charge in [0, 0.05) is 11.3 Å². The molecule has 0 radical (unpaired) electrons. The number of aryl methyl sites for hydroxylation is 1. The van der Waals surface area contributed by atoms with Crippen LogP contribution in [-0.2, 0) is 6.42 Å². The molecule has 0 aliphatic heterocycles. The summed E-state index contributed by atoms with van der Waals surface area (Å²) >= 11 is 5.07. The standard InChI is InChI=1S/C14H16BrN3OS/c1-6-9-8(4)18-12(15)10(11(19)7(2)3)16-14(18)17-13(9)20-5/h2,6H2,1,3-5H3. The maximum Gasteiger partial charge on any atom is 0.236 e. The van der Waals surface area contributed by atoms with Gasteiger partial charge >= 0.3 is 0 Å². The molecule has 0 atom stereocenters. The van der Waals surface area contributed by atoms with Crippen LogP contribution in [-0.4, -0.2) is 26.4 Å². The van der Waals surface area contributed by atoms with Crippen molar-refractivity contribution in [2.45, 2.75) is 32.2 Å². The largest absolute Gasteiger partial charge is 0.287 e. The number of nitrogens with zero attached hydrogens (tertiary/aromatic N) is 3. The molecule has 0 saturated heterocycles. The van der Waals surface area contributed by atoms with Crippen LogP contribution in [0.25, 0.3) is 5.78 Å². The molecule has 0 saturated carbocycles. The number of imidazole rings is 1. The number of hydrogen-bond acceptors (Lipinski definition) is 4. The number of carbonyl (C=O) groups excluding carboxylic acids is 1. The second kappa shape index (κ2) is 5.69. The zero-order valence-corrected chi connectivity index (χ0v) is 14.4. The van der Waals surface area contributed by atoms with Crippen LogP contribution in [0.15, 0.2) is 21.8 Å². The number of rotatable bonds is 4. The van der Waals surface area contributed by atoms with Crippen molar-refractivity contribution in [1.29, 1.82) is 0 Å². The molecule has 106 valence electrons. The smallest absolute Gasteiger partial charge is 0.236 e. The van der Waals surface area contributed by atoms with E-state index in [1.807, 2.05) is 17.6 Å². The lowest BCUT2D eigenvalue weighted by molar-refractivity contribution is 0.103. The second-order valence-corrected chi connectivity index (χ2v) is 6.08. The summed E-state index contributed by atoms with van der Waals surface area (Å²) in [6.07, 6.45) is 2.88. The molecular weight excluding hydrogens is 338 g/mol. The molecule has 0 bridgehead atoms. The minimum absolute atomic E-state index is 0.162. The molecule has 2 aromatic rings. The molecule has 0 aromatic carbocycles. The van der Waals surface area contributed by atoms with E-state index in [0.29, 0.717) is 21.6 Å². The Morgan fingerprint density at radius 3 is 2.60 bits per heavy atom. The van der Waals surface area contributed by atoms with Gasteiger partial charge in [-0.15, -0.1) is 11.8 Å². The van der Waals surface area contributed by atoms with Gasteiger partial charge < -0.3 is 0 Å². The third-order valence-corrected chi connectivity index (χ3v) is 4.64. The highest BCUT2D eigenvalue weighted by molar-refractivity contribution is 9.10. The zero-order chi connectivity index (χ0) is 15.0. The Labute approximate surface area is 130 Å². The van der Waals surface area contributed by atoms with Gasteiger partial charge in [-0.3, -0.25) is 9.20 Å². The summed E-state index contributed by atoms with van der Waals surface area (Å²) in [4.78, 5) is 21.0. The Balaban J connectivity index is 2.81. The van der Waals surface area contributed by atoms with Crippen molar-refractivity contribution in [3.8, 4) is 0 Å². The molecule has 0 aliphatic carbocycles. The topological polar surface area (TPSA) is 47.3 Å². The summed E-state index contributed by atoms with van der Waals surface area (Å²) in [7, 11) is 0. The van der Waals surface area contributed by atoms with Crippen LogP contribution in [0.3, 0.4) is 0 Å². The molecule has 0 spiro atoms. The van der Waals surface area contributed by atoms with Crippen molar-refractivity contribution in [2.24, 2.45) is 0 Å². The number of hydrogen-bond donors (Lipinski definition) is 0. The number of ketones is 1. The molecule has 2 aromatic heterocycles. The third kappa shape index (κ3) is 2.31. The summed E-state index contributed by atoms with van der Waals surface area (Å²) in [6, 6.07) is 0. The van der Waals surface area contributed by atoms with Gasteiger partial charge in [0.1, 0.15) is 15.3 Å². The van der Waals surface area contributed by atoms with E-state index >= 15 is 0 Å². The first-order valence-corrected chi connectivity index (χ1v) is 8.25. The fourth-order valence-electron chi connectivity index (χ4n) is 2.13. The molecule has 0 fully saturated rings. The predicted molar refractivity (Wildman–Crippen MR) is 85.7 cm³/mol. The highest BCUT2D eigenvalue weighted by atomic mass is 79.9. The number of thioether (sulfide) groups is 1. The van der Waals surface area contributed by atoms with Crippen molar-refractivity contribution in [3.63, 3.8) is 0 Å². The molecule has 2 heterocycles. The lowest BCUT2D eigenvalue weighted by atomic mass is 10.2. The molecular formula is C14H16BrN3OS. The number of fused-ring (bicyclic) bond motifs is 1. The first-order valence-electron chi connectivity index (χ1n) is 6.23. The van der Waals surface area contributed by atoms with Gasteiger partial charge in [0.15, 0.2) is 0 Å². The van der Waals surface area contributed by atoms with Gasteiger partial charge in [-0.1, -0.05) is 13.5 Å². The van der Waals surface area contributed by atoms with Gasteiger partial charge in [0.25, 0.3) is 0 Å². The first kappa shape index (κ1) is 15.3. The van der Waals surface area contributed by atoms with Crippen LogP contribution < -0.4 is 0 Å². The summed E-state index contributed by atoms with van der Waals surface area (Å²) in [5.74, 6) is 0.381. The average molecular weight is 354 g/mol. The quantitative estimate of drug-likeness (QED) is 0.362. The number of Topliss-reactive ketones (excluding diaryl/α,β-unsaturated/α-hetero) is 1. The van der Waals surface area contributed by atoms with Gasteiger partial charge in [0.05, 0.1) is 0 Å². The van der Waals surface area contributed by atoms with Gasteiger partial charge in [0.2, 0.25) is 11.6 Å². The van der Waals surface area contributed by atoms with E-state index in [1.54, 1.807) is 18.7 Å². The molecule has 0 N–H and O–H groups in total. The van der Waals surface area contributed by atoms with Crippen molar-refractivity contribution < 1.29 is 4.79 Å². The fourth-order valence-corrected chi connectivity index (χ4v) is 3.54. The number of halogens is 1. The van der Waals surface area contributed by atoms with Gasteiger partial charge in [-0.2, -0.15) is 0 Å². The van der Waals surface area contributed by atoms with E-state index in [9.17, 15) is 4.79 Å². The molecule has 0 unspecified atom stereocenters. The maximum absolute atomic E-state index is 12.1. The zero-order valence-electron chi connectivity index (χ0n) is 12.0. The van der Waals surface area contributed by atoms with Crippen molar-refractivity contribution in [3.05, 3.63) is 33.7 Å². The SMILES string of the molecule is C=C(C)C(=O)c1nc2nc(SC)c(CC)c(C)n2c1Br. The predicted octanol–water partition coefficient (Wildman–Crippen LogP) is 3.84. The van der Waals surface area contributed by atoms with Crippen LogP contribution in [0.5, 0.6) is 0 Å². The molecule has 0 amide bonds. The highest BCUT2D eigenvalue weighted by Gasteiger charge is 2.21. The molecule has 4 nitrogen and oxygen atoms in total. The molecule has 20 heavy (non-hydrogen) atoms. The Morgan fingerprint density at radius 2 is 2.10 bits per heavy atom. The Morgan fingerprint density at radius 1 is 1.45 bits per heavy atom. The average Bonchev–Trinajstić information content (AvgIpc) is 2.74. The first-order chi connectivity index (χ1) is 9.42. The number of carbonyl (C=O) groups is 1. The van der Waals surface area contributed by atoms with Crippen molar-refractivity contribution in [1.82, 2.24) is 14.4 Å². The van der Waals surface area contributed by atoms with Gasteiger partial charge in [-0.05, 0) is 48.0 Å². The van der Waals surface area contributed by atoms with E-state index in [4.69, 9.17) is 0 Å². The van der Waals surface area contributed by atoms with E-state index < -0.39 is 0 Å². The number of allylic oxidation sites excluding steroid dienone is 1. The van der Waals surface area contributed by atoms with Crippen molar-refractivity contribution in [2.75, 3.05) is 6.26 Å². The maximum atomic E-state index is 12.1. The third-order valence-electron chi connectivity index (χ3n) is 3.18. The van der Waals surface area contributed by atoms with Gasteiger partial charge in [-0.25, -0.2) is 9.97 Å². The van der Waals surface area contributed by atoms with Crippen LogP contribution in [0.1, 0.15) is 35.6 Å². The van der Waals surface area contributed by atoms with Crippen LogP contribution in [0.2, 0.25) is 0 Å². The Kier molecular flexibility index (Phi) is 4.34. The normalized spacial score (nSPS) is 11.1. The van der Waals surface area contributed by atoms with E-state index in [1.165, 1.54) is 5.56 Å².